The van der Waals surface area contributed by atoms with Crippen molar-refractivity contribution in [2.24, 2.45) is 0 Å². The molecule has 0 radical (unpaired) electrons. The van der Waals surface area contributed by atoms with Crippen LogP contribution in [0.3, 0.4) is 0 Å². The SMILES string of the molecule is COc1cc(OCC(=O)OC(C)(C)C)cc(OC)c1C. The number of methoxy groups -OCH3 is 2. The van der Waals surface area contributed by atoms with Crippen LogP contribution in [0.4, 0.5) is 0 Å². The van der Waals surface area contributed by atoms with Crippen LogP contribution in [0.2, 0.25) is 0 Å². The molecule has 0 N–H and O–H groups in total. The predicted molar refractivity (Wildman–Crippen MR) is 75.6 cm³/mol. The molecule has 0 heterocycles. The minimum atomic E-state index is -0.525. The van der Waals surface area contributed by atoms with Gasteiger partial charge in [0.25, 0.3) is 0 Å². The van der Waals surface area contributed by atoms with Gasteiger partial charge in [-0.2, -0.15) is 0 Å². The van der Waals surface area contributed by atoms with E-state index >= 15 is 0 Å². The second kappa shape index (κ2) is 6.50. The zero-order valence-electron chi connectivity index (χ0n) is 12.9. The van der Waals surface area contributed by atoms with Crippen LogP contribution in [-0.4, -0.2) is 32.4 Å². The van der Waals surface area contributed by atoms with E-state index in [1.54, 1.807) is 26.4 Å². The van der Waals surface area contributed by atoms with E-state index < -0.39 is 11.6 Å². The van der Waals surface area contributed by atoms with Crippen molar-refractivity contribution in [3.63, 3.8) is 0 Å². The second-order valence-electron chi connectivity index (χ2n) is 5.33. The van der Waals surface area contributed by atoms with Crippen molar-refractivity contribution < 1.29 is 23.7 Å². The molecule has 0 aliphatic rings. The second-order valence-corrected chi connectivity index (χ2v) is 5.33. The monoisotopic (exact) mass is 282 g/mol. The zero-order valence-corrected chi connectivity index (χ0v) is 12.9. The first kappa shape index (κ1) is 16.1. The molecular formula is C15H22O5. The Bertz CT molecular complexity index is 449. The van der Waals surface area contributed by atoms with Crippen molar-refractivity contribution in [2.75, 3.05) is 20.8 Å². The third kappa shape index (κ3) is 4.64. The summed E-state index contributed by atoms with van der Waals surface area (Å²) < 4.78 is 21.1. The van der Waals surface area contributed by atoms with Gasteiger partial charge in [-0.3, -0.25) is 0 Å². The third-order valence-corrected chi connectivity index (χ3v) is 2.50. The van der Waals surface area contributed by atoms with Gasteiger partial charge in [0.2, 0.25) is 0 Å². The maximum absolute atomic E-state index is 11.6. The smallest absolute Gasteiger partial charge is 0.344 e. The Kier molecular flexibility index (Phi) is 5.25. The molecule has 0 aliphatic heterocycles. The number of hydrogen-bond acceptors (Lipinski definition) is 5. The van der Waals surface area contributed by atoms with E-state index in [-0.39, 0.29) is 6.61 Å². The number of carbonyl (C=O) groups excluding carboxylic acids is 1. The van der Waals surface area contributed by atoms with Crippen molar-refractivity contribution in [3.05, 3.63) is 17.7 Å². The Labute approximate surface area is 119 Å². The van der Waals surface area contributed by atoms with Gasteiger partial charge in [-0.15, -0.1) is 0 Å². The first-order chi connectivity index (χ1) is 9.26. The van der Waals surface area contributed by atoms with Crippen molar-refractivity contribution >= 4 is 5.97 Å². The molecule has 0 spiro atoms. The van der Waals surface area contributed by atoms with Gasteiger partial charge < -0.3 is 18.9 Å². The Morgan fingerprint density at radius 2 is 1.60 bits per heavy atom. The van der Waals surface area contributed by atoms with E-state index in [0.717, 1.165) is 5.56 Å². The van der Waals surface area contributed by atoms with Crippen LogP contribution >= 0.6 is 0 Å². The van der Waals surface area contributed by atoms with Crippen molar-refractivity contribution in [1.82, 2.24) is 0 Å². The van der Waals surface area contributed by atoms with Crippen LogP contribution in [0.5, 0.6) is 17.2 Å². The van der Waals surface area contributed by atoms with Gasteiger partial charge in [-0.25, -0.2) is 4.79 Å². The lowest BCUT2D eigenvalue weighted by molar-refractivity contribution is -0.157. The summed E-state index contributed by atoms with van der Waals surface area (Å²) in [4.78, 5) is 11.6. The standard InChI is InChI=1S/C15H22O5/c1-10-12(17-5)7-11(8-13(10)18-6)19-9-14(16)20-15(2,3)4/h7-8H,9H2,1-6H3. The van der Waals surface area contributed by atoms with E-state index in [1.807, 2.05) is 27.7 Å². The van der Waals surface area contributed by atoms with E-state index in [4.69, 9.17) is 18.9 Å². The van der Waals surface area contributed by atoms with Gasteiger partial charge in [-0.1, -0.05) is 0 Å². The fourth-order valence-corrected chi connectivity index (χ4v) is 1.66. The highest BCUT2D eigenvalue weighted by molar-refractivity contribution is 5.71. The number of ether oxygens (including phenoxy) is 4. The Morgan fingerprint density at radius 3 is 2.00 bits per heavy atom. The largest absolute Gasteiger partial charge is 0.496 e. The van der Waals surface area contributed by atoms with Gasteiger partial charge in [0, 0.05) is 17.7 Å². The van der Waals surface area contributed by atoms with E-state index in [9.17, 15) is 4.79 Å². The zero-order chi connectivity index (χ0) is 15.3. The predicted octanol–water partition coefficient (Wildman–Crippen LogP) is 2.73. The van der Waals surface area contributed by atoms with Gasteiger partial charge in [0.15, 0.2) is 6.61 Å². The molecule has 1 aromatic carbocycles. The van der Waals surface area contributed by atoms with Gasteiger partial charge >= 0.3 is 5.97 Å². The fourth-order valence-electron chi connectivity index (χ4n) is 1.66. The molecule has 0 fully saturated rings. The molecule has 0 unspecified atom stereocenters. The minimum Gasteiger partial charge on any atom is -0.496 e. The molecule has 5 heteroatoms. The van der Waals surface area contributed by atoms with Crippen molar-refractivity contribution in [1.29, 1.82) is 0 Å². The van der Waals surface area contributed by atoms with Crippen LogP contribution in [0.1, 0.15) is 26.3 Å². The van der Waals surface area contributed by atoms with E-state index in [1.165, 1.54) is 0 Å². The number of carbonyl (C=O) groups is 1. The molecule has 0 saturated carbocycles. The van der Waals surface area contributed by atoms with Crippen LogP contribution in [0.25, 0.3) is 0 Å². The quantitative estimate of drug-likeness (QED) is 0.777. The summed E-state index contributed by atoms with van der Waals surface area (Å²) in [6, 6.07) is 3.42. The summed E-state index contributed by atoms with van der Waals surface area (Å²) in [5.74, 6) is 1.36. The summed E-state index contributed by atoms with van der Waals surface area (Å²) in [6.45, 7) is 7.15. The van der Waals surface area contributed by atoms with E-state index in [2.05, 4.69) is 0 Å². The van der Waals surface area contributed by atoms with Crippen LogP contribution in [0, 0.1) is 6.92 Å². The van der Waals surface area contributed by atoms with Crippen molar-refractivity contribution in [3.8, 4) is 17.2 Å². The molecule has 0 amide bonds. The lowest BCUT2D eigenvalue weighted by Gasteiger charge is -2.19. The topological polar surface area (TPSA) is 54.0 Å². The molecule has 0 atom stereocenters. The van der Waals surface area contributed by atoms with Crippen LogP contribution in [-0.2, 0) is 9.53 Å². The Morgan fingerprint density at radius 1 is 1.10 bits per heavy atom. The highest BCUT2D eigenvalue weighted by Gasteiger charge is 2.17. The van der Waals surface area contributed by atoms with Gasteiger partial charge in [0.1, 0.15) is 22.8 Å². The Hall–Kier alpha value is -1.91. The average molecular weight is 282 g/mol. The Balaban J connectivity index is 2.76. The van der Waals surface area contributed by atoms with E-state index in [0.29, 0.717) is 17.2 Å². The van der Waals surface area contributed by atoms with Crippen molar-refractivity contribution in [2.45, 2.75) is 33.3 Å². The molecule has 0 aromatic heterocycles. The molecular weight excluding hydrogens is 260 g/mol. The lowest BCUT2D eigenvalue weighted by Crippen LogP contribution is -2.27. The number of hydrogen-bond donors (Lipinski definition) is 0. The number of rotatable bonds is 5. The van der Waals surface area contributed by atoms with Crippen LogP contribution < -0.4 is 14.2 Å². The first-order valence-corrected chi connectivity index (χ1v) is 6.34. The van der Waals surface area contributed by atoms with Gasteiger partial charge in [0.05, 0.1) is 14.2 Å². The summed E-state index contributed by atoms with van der Waals surface area (Å²) in [7, 11) is 3.14. The molecule has 112 valence electrons. The highest BCUT2D eigenvalue weighted by atomic mass is 16.6. The normalized spacial score (nSPS) is 10.9. The number of esters is 1. The third-order valence-electron chi connectivity index (χ3n) is 2.50. The molecule has 0 aliphatic carbocycles. The van der Waals surface area contributed by atoms with Crippen LogP contribution in [0.15, 0.2) is 12.1 Å². The summed E-state index contributed by atoms with van der Waals surface area (Å²) >= 11 is 0. The molecule has 1 rings (SSSR count). The molecule has 1 aromatic rings. The molecule has 0 bridgehead atoms. The maximum Gasteiger partial charge on any atom is 0.344 e. The summed E-state index contributed by atoms with van der Waals surface area (Å²) in [6.07, 6.45) is 0. The highest BCUT2D eigenvalue weighted by Crippen LogP contribution is 2.33. The minimum absolute atomic E-state index is 0.160. The van der Waals surface area contributed by atoms with Gasteiger partial charge in [-0.05, 0) is 27.7 Å². The molecule has 5 nitrogen and oxygen atoms in total. The molecule has 0 saturated heterocycles. The summed E-state index contributed by atoms with van der Waals surface area (Å²) in [5.41, 5.74) is 0.350. The number of benzene rings is 1. The summed E-state index contributed by atoms with van der Waals surface area (Å²) in [5, 5.41) is 0. The first-order valence-electron chi connectivity index (χ1n) is 6.34. The lowest BCUT2D eigenvalue weighted by atomic mass is 10.2. The maximum atomic E-state index is 11.6. The molecule has 20 heavy (non-hydrogen) atoms. The average Bonchev–Trinajstić information content (AvgIpc) is 2.35. The fraction of sp³-hybridized carbons (Fsp3) is 0.533.